The summed E-state index contributed by atoms with van der Waals surface area (Å²) in [7, 11) is 0. The third-order valence-electron chi connectivity index (χ3n) is 5.41. The van der Waals surface area contributed by atoms with Gasteiger partial charge in [-0.25, -0.2) is 0 Å². The van der Waals surface area contributed by atoms with Gasteiger partial charge in [-0.15, -0.1) is 0 Å². The van der Waals surface area contributed by atoms with Crippen molar-refractivity contribution >= 4 is 0 Å². The summed E-state index contributed by atoms with van der Waals surface area (Å²) < 4.78 is 0. The second-order valence-corrected chi connectivity index (χ2v) is 7.97. The number of unbranched alkanes of at least 4 members (excludes halogenated alkanes) is 10. The van der Waals surface area contributed by atoms with Crippen molar-refractivity contribution < 1.29 is 20.4 Å². The predicted molar refractivity (Wildman–Crippen MR) is 108 cm³/mol. The zero-order valence-electron chi connectivity index (χ0n) is 17.0. The highest BCUT2D eigenvalue weighted by Gasteiger charge is 2.31. The molecule has 0 radical (unpaired) electrons. The molecule has 0 bridgehead atoms. The summed E-state index contributed by atoms with van der Waals surface area (Å²) in [6, 6.07) is 0. The molecule has 0 spiro atoms. The van der Waals surface area contributed by atoms with Gasteiger partial charge in [0.05, 0.1) is 31.0 Å². The van der Waals surface area contributed by atoms with Crippen molar-refractivity contribution in [2.75, 3.05) is 13.2 Å². The Kier molecular flexibility index (Phi) is 16.8. The van der Waals surface area contributed by atoms with E-state index in [0.29, 0.717) is 6.42 Å². The molecule has 0 saturated heterocycles. The van der Waals surface area contributed by atoms with Gasteiger partial charge >= 0.3 is 0 Å². The Labute approximate surface area is 161 Å². The van der Waals surface area contributed by atoms with Crippen molar-refractivity contribution in [3.05, 3.63) is 0 Å². The van der Waals surface area contributed by atoms with E-state index in [9.17, 15) is 10.2 Å². The summed E-state index contributed by atoms with van der Waals surface area (Å²) in [5.74, 6) is 0. The number of hydrogen-bond donors (Lipinski definition) is 5. The first-order chi connectivity index (χ1) is 12.5. The lowest BCUT2D eigenvalue weighted by atomic mass is 9.91. The highest BCUT2D eigenvalue weighted by molar-refractivity contribution is 4.90. The molecule has 5 nitrogen and oxygen atoms in total. The van der Waals surface area contributed by atoms with Crippen molar-refractivity contribution in [1.29, 1.82) is 0 Å². The van der Waals surface area contributed by atoms with E-state index in [1.165, 1.54) is 44.9 Å². The van der Waals surface area contributed by atoms with E-state index < -0.39 is 24.9 Å². The predicted octanol–water partition coefficient (Wildman–Crippen LogP) is 3.26. The van der Waals surface area contributed by atoms with E-state index in [2.05, 4.69) is 6.92 Å². The SMILES string of the molecule is CCCCCCC(O)CCCCCCCCCCC(O)C(N)(CO)CO. The number of aliphatic hydroxyl groups excluding tert-OH is 4. The minimum absolute atomic E-state index is 0.106. The number of aliphatic hydroxyl groups is 4. The first kappa shape index (κ1) is 25.8. The second kappa shape index (κ2) is 16.9. The van der Waals surface area contributed by atoms with E-state index >= 15 is 0 Å². The molecule has 0 aliphatic rings. The highest BCUT2D eigenvalue weighted by atomic mass is 16.3. The average molecular weight is 376 g/mol. The fourth-order valence-electron chi connectivity index (χ4n) is 3.28. The maximum atomic E-state index is 9.93. The lowest BCUT2D eigenvalue weighted by molar-refractivity contribution is 0.00237. The van der Waals surface area contributed by atoms with Crippen LogP contribution in [0.5, 0.6) is 0 Å². The summed E-state index contributed by atoms with van der Waals surface area (Å²) in [5, 5.41) is 38.1. The first-order valence-corrected chi connectivity index (χ1v) is 10.9. The molecule has 0 aliphatic carbocycles. The zero-order valence-corrected chi connectivity index (χ0v) is 17.0. The topological polar surface area (TPSA) is 107 Å². The molecule has 0 aliphatic heterocycles. The molecule has 0 saturated carbocycles. The largest absolute Gasteiger partial charge is 0.394 e. The normalized spacial score (nSPS) is 14.5. The minimum atomic E-state index is -1.28. The molecule has 5 heteroatoms. The summed E-state index contributed by atoms with van der Waals surface area (Å²) in [6.45, 7) is 1.40. The lowest BCUT2D eigenvalue weighted by Crippen LogP contribution is -2.56. The molecule has 0 amide bonds. The fraction of sp³-hybridized carbons (Fsp3) is 1.00. The Morgan fingerprint density at radius 1 is 0.654 bits per heavy atom. The van der Waals surface area contributed by atoms with E-state index in [4.69, 9.17) is 15.9 Å². The van der Waals surface area contributed by atoms with E-state index in [1.807, 2.05) is 0 Å². The monoisotopic (exact) mass is 375 g/mol. The van der Waals surface area contributed by atoms with Crippen molar-refractivity contribution in [2.45, 2.75) is 121 Å². The quantitative estimate of drug-likeness (QED) is 0.223. The van der Waals surface area contributed by atoms with Crippen molar-refractivity contribution in [2.24, 2.45) is 5.73 Å². The summed E-state index contributed by atoms with van der Waals surface area (Å²) in [5.41, 5.74) is 4.47. The Hall–Kier alpha value is -0.200. The molecule has 158 valence electrons. The Balaban J connectivity index is 3.39. The second-order valence-electron chi connectivity index (χ2n) is 7.97. The van der Waals surface area contributed by atoms with Crippen LogP contribution in [-0.2, 0) is 0 Å². The van der Waals surface area contributed by atoms with Crippen LogP contribution < -0.4 is 5.73 Å². The van der Waals surface area contributed by atoms with Gasteiger partial charge < -0.3 is 26.2 Å². The third kappa shape index (κ3) is 13.0. The van der Waals surface area contributed by atoms with Gasteiger partial charge in [-0.2, -0.15) is 0 Å². The van der Waals surface area contributed by atoms with Crippen LogP contribution in [0.4, 0.5) is 0 Å². The number of nitrogens with two attached hydrogens (primary N) is 1. The highest BCUT2D eigenvalue weighted by Crippen LogP contribution is 2.16. The average Bonchev–Trinajstić information content (AvgIpc) is 2.65. The molecule has 0 aromatic carbocycles. The van der Waals surface area contributed by atoms with Crippen LogP contribution in [0.1, 0.15) is 103 Å². The van der Waals surface area contributed by atoms with Crippen LogP contribution in [0.3, 0.4) is 0 Å². The Morgan fingerprint density at radius 2 is 1.04 bits per heavy atom. The van der Waals surface area contributed by atoms with Crippen LogP contribution in [0.25, 0.3) is 0 Å². The number of rotatable bonds is 19. The minimum Gasteiger partial charge on any atom is -0.394 e. The van der Waals surface area contributed by atoms with Gasteiger partial charge in [-0.05, 0) is 19.3 Å². The molecule has 0 aromatic heterocycles. The molecule has 0 heterocycles. The maximum absolute atomic E-state index is 9.93. The Bertz CT molecular complexity index is 298. The zero-order chi connectivity index (χ0) is 19.7. The molecule has 6 N–H and O–H groups in total. The van der Waals surface area contributed by atoms with Crippen LogP contribution in [-0.4, -0.2) is 51.4 Å². The molecule has 26 heavy (non-hydrogen) atoms. The van der Waals surface area contributed by atoms with Crippen molar-refractivity contribution in [3.8, 4) is 0 Å². The third-order valence-corrected chi connectivity index (χ3v) is 5.41. The summed E-state index contributed by atoms with van der Waals surface area (Å²) in [6.07, 6.45) is 15.4. The van der Waals surface area contributed by atoms with E-state index in [-0.39, 0.29) is 6.10 Å². The van der Waals surface area contributed by atoms with E-state index in [1.54, 1.807) is 0 Å². The van der Waals surface area contributed by atoms with Gasteiger partial charge in [0.15, 0.2) is 0 Å². The maximum Gasteiger partial charge on any atom is 0.0885 e. The van der Waals surface area contributed by atoms with Crippen molar-refractivity contribution in [3.63, 3.8) is 0 Å². The Morgan fingerprint density at radius 3 is 1.46 bits per heavy atom. The molecule has 2 atom stereocenters. The molecule has 0 rings (SSSR count). The van der Waals surface area contributed by atoms with Crippen molar-refractivity contribution in [1.82, 2.24) is 0 Å². The standard InChI is InChI=1S/C21H45NO4/c1-2-3-4-11-14-19(25)15-12-9-7-5-6-8-10-13-16-20(26)21(22,17-23)18-24/h19-20,23-26H,2-18,22H2,1H3. The van der Waals surface area contributed by atoms with Gasteiger partial charge in [0.25, 0.3) is 0 Å². The van der Waals surface area contributed by atoms with Crippen LogP contribution in [0, 0.1) is 0 Å². The molecule has 0 fully saturated rings. The van der Waals surface area contributed by atoms with Gasteiger partial charge in [-0.1, -0.05) is 84.0 Å². The van der Waals surface area contributed by atoms with Gasteiger partial charge in [0, 0.05) is 0 Å². The fourth-order valence-corrected chi connectivity index (χ4v) is 3.28. The first-order valence-electron chi connectivity index (χ1n) is 10.9. The molecular formula is C21H45NO4. The van der Waals surface area contributed by atoms with Crippen LogP contribution in [0.2, 0.25) is 0 Å². The van der Waals surface area contributed by atoms with Crippen LogP contribution in [0.15, 0.2) is 0 Å². The van der Waals surface area contributed by atoms with Gasteiger partial charge in [-0.3, -0.25) is 0 Å². The number of hydrogen-bond acceptors (Lipinski definition) is 5. The van der Waals surface area contributed by atoms with Crippen LogP contribution >= 0.6 is 0 Å². The summed E-state index contributed by atoms with van der Waals surface area (Å²) in [4.78, 5) is 0. The van der Waals surface area contributed by atoms with Gasteiger partial charge in [0.2, 0.25) is 0 Å². The smallest absolute Gasteiger partial charge is 0.0885 e. The van der Waals surface area contributed by atoms with Gasteiger partial charge in [0.1, 0.15) is 0 Å². The molecular weight excluding hydrogens is 330 g/mol. The summed E-state index contributed by atoms with van der Waals surface area (Å²) >= 11 is 0. The molecule has 0 aromatic rings. The van der Waals surface area contributed by atoms with E-state index in [0.717, 1.165) is 44.9 Å². The molecule has 2 unspecified atom stereocenters. The lowest BCUT2D eigenvalue weighted by Gasteiger charge is -2.30.